The molecular formula is C15H11F3O4. The molecule has 22 heavy (non-hydrogen) atoms. The van der Waals surface area contributed by atoms with Crippen LogP contribution in [0, 0.1) is 0 Å². The van der Waals surface area contributed by atoms with Crippen molar-refractivity contribution in [2.24, 2.45) is 0 Å². The number of halogens is 3. The van der Waals surface area contributed by atoms with Crippen LogP contribution in [0.1, 0.15) is 26.3 Å². The van der Waals surface area contributed by atoms with E-state index >= 15 is 0 Å². The average molecular weight is 312 g/mol. The third-order valence-electron chi connectivity index (χ3n) is 2.46. The molecule has 0 amide bonds. The Kier molecular flexibility index (Phi) is 5.68. The minimum absolute atomic E-state index is 0.331. The molecule has 2 aromatic rings. The molecule has 2 rings (SSSR count). The SMILES string of the molecule is O=C(O)c1cccc(C(F)(F)F)c1.O=C(O)c1ccccc1. The van der Waals surface area contributed by atoms with E-state index in [1.807, 2.05) is 0 Å². The van der Waals surface area contributed by atoms with E-state index in [4.69, 9.17) is 10.2 Å². The first-order valence-electron chi connectivity index (χ1n) is 5.90. The maximum atomic E-state index is 12.0. The van der Waals surface area contributed by atoms with Crippen molar-refractivity contribution in [1.29, 1.82) is 0 Å². The maximum absolute atomic E-state index is 12.0. The van der Waals surface area contributed by atoms with Crippen LogP contribution in [0.25, 0.3) is 0 Å². The summed E-state index contributed by atoms with van der Waals surface area (Å²) in [5.74, 6) is -2.25. The number of alkyl halides is 3. The Labute approximate surface area is 123 Å². The zero-order valence-corrected chi connectivity index (χ0v) is 11.0. The highest BCUT2D eigenvalue weighted by atomic mass is 19.4. The highest BCUT2D eigenvalue weighted by Crippen LogP contribution is 2.29. The highest BCUT2D eigenvalue weighted by Gasteiger charge is 2.30. The second kappa shape index (κ2) is 7.26. The molecule has 116 valence electrons. The molecule has 4 nitrogen and oxygen atoms in total. The highest BCUT2D eigenvalue weighted by molar-refractivity contribution is 5.88. The Hall–Kier alpha value is -2.83. The van der Waals surface area contributed by atoms with Gasteiger partial charge in [0.1, 0.15) is 0 Å². The molecule has 2 N–H and O–H groups in total. The Morgan fingerprint density at radius 1 is 0.773 bits per heavy atom. The van der Waals surface area contributed by atoms with Gasteiger partial charge in [0, 0.05) is 0 Å². The van der Waals surface area contributed by atoms with E-state index in [2.05, 4.69) is 0 Å². The van der Waals surface area contributed by atoms with Crippen molar-refractivity contribution in [2.75, 3.05) is 0 Å². The van der Waals surface area contributed by atoms with Crippen molar-refractivity contribution >= 4 is 11.9 Å². The van der Waals surface area contributed by atoms with Crippen LogP contribution in [0.5, 0.6) is 0 Å². The molecule has 0 atom stereocenters. The first-order chi connectivity index (χ1) is 10.2. The van der Waals surface area contributed by atoms with E-state index in [1.165, 1.54) is 0 Å². The second-order valence-electron chi connectivity index (χ2n) is 4.05. The van der Waals surface area contributed by atoms with Crippen molar-refractivity contribution < 1.29 is 33.0 Å². The first-order valence-corrected chi connectivity index (χ1v) is 5.90. The predicted molar refractivity (Wildman–Crippen MR) is 71.8 cm³/mol. The van der Waals surface area contributed by atoms with Gasteiger partial charge in [0.25, 0.3) is 0 Å². The average Bonchev–Trinajstić information content (AvgIpc) is 2.48. The van der Waals surface area contributed by atoms with E-state index in [-0.39, 0.29) is 5.56 Å². The summed E-state index contributed by atoms with van der Waals surface area (Å²) in [6.07, 6.45) is -4.49. The van der Waals surface area contributed by atoms with Gasteiger partial charge in [0.15, 0.2) is 0 Å². The van der Waals surface area contributed by atoms with Gasteiger partial charge in [-0.05, 0) is 30.3 Å². The third-order valence-corrected chi connectivity index (χ3v) is 2.46. The van der Waals surface area contributed by atoms with E-state index < -0.39 is 23.7 Å². The number of carboxylic acids is 2. The Morgan fingerprint density at radius 3 is 1.68 bits per heavy atom. The summed E-state index contributed by atoms with van der Waals surface area (Å²) in [7, 11) is 0. The van der Waals surface area contributed by atoms with Crippen LogP contribution in [-0.2, 0) is 6.18 Å². The van der Waals surface area contributed by atoms with Gasteiger partial charge in [-0.2, -0.15) is 13.2 Å². The summed E-state index contributed by atoms with van der Waals surface area (Å²) in [6, 6.07) is 11.9. The summed E-state index contributed by atoms with van der Waals surface area (Å²) < 4.78 is 36.1. The molecule has 0 spiro atoms. The molecule has 0 radical (unpaired) electrons. The van der Waals surface area contributed by atoms with Crippen molar-refractivity contribution in [3.63, 3.8) is 0 Å². The molecule has 0 saturated heterocycles. The monoisotopic (exact) mass is 312 g/mol. The van der Waals surface area contributed by atoms with Crippen molar-refractivity contribution in [2.45, 2.75) is 6.18 Å². The predicted octanol–water partition coefficient (Wildman–Crippen LogP) is 3.79. The molecule has 0 heterocycles. The van der Waals surface area contributed by atoms with Gasteiger partial charge in [0.05, 0.1) is 16.7 Å². The number of hydrogen-bond donors (Lipinski definition) is 2. The zero-order valence-electron chi connectivity index (χ0n) is 11.0. The minimum atomic E-state index is -4.49. The summed E-state index contributed by atoms with van der Waals surface area (Å²) in [4.78, 5) is 20.5. The number of benzene rings is 2. The summed E-state index contributed by atoms with van der Waals surface area (Å²) in [5.41, 5.74) is -0.986. The molecule has 0 aliphatic rings. The summed E-state index contributed by atoms with van der Waals surface area (Å²) in [5, 5.41) is 16.8. The maximum Gasteiger partial charge on any atom is 0.416 e. The molecular weight excluding hydrogens is 301 g/mol. The van der Waals surface area contributed by atoms with E-state index in [1.54, 1.807) is 30.3 Å². The number of carbonyl (C=O) groups is 2. The number of hydrogen-bond acceptors (Lipinski definition) is 2. The lowest BCUT2D eigenvalue weighted by Gasteiger charge is -2.06. The van der Waals surface area contributed by atoms with Gasteiger partial charge >= 0.3 is 18.1 Å². The fourth-order valence-corrected chi connectivity index (χ4v) is 1.41. The second-order valence-corrected chi connectivity index (χ2v) is 4.05. The lowest BCUT2D eigenvalue weighted by molar-refractivity contribution is -0.137. The van der Waals surface area contributed by atoms with Crippen molar-refractivity contribution in [3.05, 3.63) is 71.3 Å². The van der Waals surface area contributed by atoms with Crippen LogP contribution in [-0.4, -0.2) is 22.2 Å². The topological polar surface area (TPSA) is 74.6 Å². The lowest BCUT2D eigenvalue weighted by Crippen LogP contribution is -2.06. The van der Waals surface area contributed by atoms with Gasteiger partial charge in [-0.1, -0.05) is 24.3 Å². The smallest absolute Gasteiger partial charge is 0.416 e. The fraction of sp³-hybridized carbons (Fsp3) is 0.0667. The molecule has 0 aromatic heterocycles. The van der Waals surface area contributed by atoms with Crippen LogP contribution in [0.2, 0.25) is 0 Å². The van der Waals surface area contributed by atoms with Gasteiger partial charge in [-0.25, -0.2) is 9.59 Å². The molecule has 0 unspecified atom stereocenters. The molecule has 7 heteroatoms. The third kappa shape index (κ3) is 5.28. The normalized spacial score (nSPS) is 10.3. The van der Waals surface area contributed by atoms with Crippen LogP contribution in [0.3, 0.4) is 0 Å². The number of carboxylic acid groups (broad SMARTS) is 2. The molecule has 0 saturated carbocycles. The molecule has 2 aromatic carbocycles. The summed E-state index contributed by atoms with van der Waals surface area (Å²) in [6.45, 7) is 0. The Morgan fingerprint density at radius 2 is 1.27 bits per heavy atom. The lowest BCUT2D eigenvalue weighted by atomic mass is 10.1. The molecule has 0 aliphatic heterocycles. The van der Waals surface area contributed by atoms with Gasteiger partial charge < -0.3 is 10.2 Å². The van der Waals surface area contributed by atoms with E-state index in [0.717, 1.165) is 18.2 Å². The van der Waals surface area contributed by atoms with Crippen molar-refractivity contribution in [3.8, 4) is 0 Å². The molecule has 0 bridgehead atoms. The van der Waals surface area contributed by atoms with Crippen LogP contribution >= 0.6 is 0 Å². The van der Waals surface area contributed by atoms with Crippen molar-refractivity contribution in [1.82, 2.24) is 0 Å². The Balaban J connectivity index is 0.000000235. The van der Waals surface area contributed by atoms with Crippen LogP contribution < -0.4 is 0 Å². The number of rotatable bonds is 2. The van der Waals surface area contributed by atoms with E-state index in [0.29, 0.717) is 11.6 Å². The van der Waals surface area contributed by atoms with Crippen LogP contribution in [0.15, 0.2) is 54.6 Å². The minimum Gasteiger partial charge on any atom is -0.478 e. The van der Waals surface area contributed by atoms with Gasteiger partial charge in [-0.15, -0.1) is 0 Å². The fourth-order valence-electron chi connectivity index (χ4n) is 1.41. The van der Waals surface area contributed by atoms with Gasteiger partial charge in [-0.3, -0.25) is 0 Å². The van der Waals surface area contributed by atoms with Crippen LogP contribution in [0.4, 0.5) is 13.2 Å². The van der Waals surface area contributed by atoms with Gasteiger partial charge in [0.2, 0.25) is 0 Å². The Bertz CT molecular complexity index is 651. The molecule has 0 fully saturated rings. The summed E-state index contributed by atoms with van der Waals surface area (Å²) >= 11 is 0. The largest absolute Gasteiger partial charge is 0.478 e. The van der Waals surface area contributed by atoms with E-state index in [9.17, 15) is 22.8 Å². The first kappa shape index (κ1) is 17.2. The number of aromatic carboxylic acids is 2. The molecule has 0 aliphatic carbocycles. The quantitative estimate of drug-likeness (QED) is 0.884. The zero-order chi connectivity index (χ0) is 16.8. The standard InChI is InChI=1S/C8H5F3O2.C7H6O2/c9-8(10,11)6-3-1-2-5(4-6)7(12)13;8-7(9)6-4-2-1-3-5-6/h1-4H,(H,12,13);1-5H,(H,8,9).